The summed E-state index contributed by atoms with van der Waals surface area (Å²) in [5.41, 5.74) is 11.6. The summed E-state index contributed by atoms with van der Waals surface area (Å²) in [5.74, 6) is 1.45. The summed E-state index contributed by atoms with van der Waals surface area (Å²) >= 11 is 5.26. The van der Waals surface area contributed by atoms with Crippen molar-refractivity contribution in [3.05, 3.63) is 65.0 Å². The van der Waals surface area contributed by atoms with E-state index >= 15 is 0 Å². The number of hydrazone groups is 1. The number of hydrogen-bond donors (Lipinski definition) is 1. The number of rotatable bonds is 3. The van der Waals surface area contributed by atoms with Crippen LogP contribution in [0.5, 0.6) is 11.5 Å². The van der Waals surface area contributed by atoms with Gasteiger partial charge in [-0.3, -0.25) is 0 Å². The molecular formula is C21H20N6O2S. The second kappa shape index (κ2) is 7.10. The van der Waals surface area contributed by atoms with Gasteiger partial charge in [-0.2, -0.15) is 5.10 Å². The van der Waals surface area contributed by atoms with E-state index in [0.717, 1.165) is 34.1 Å². The first-order valence-corrected chi connectivity index (χ1v) is 9.97. The molecule has 30 heavy (non-hydrogen) atoms. The Morgan fingerprint density at radius 3 is 2.63 bits per heavy atom. The van der Waals surface area contributed by atoms with Gasteiger partial charge in [0.15, 0.2) is 16.6 Å². The van der Waals surface area contributed by atoms with Crippen LogP contribution in [0.1, 0.15) is 35.0 Å². The number of nitrogens with two attached hydrogens (primary N) is 1. The van der Waals surface area contributed by atoms with Crippen LogP contribution in [0.3, 0.4) is 0 Å². The van der Waals surface area contributed by atoms with Gasteiger partial charge in [0.25, 0.3) is 0 Å². The zero-order valence-electron chi connectivity index (χ0n) is 16.6. The lowest BCUT2D eigenvalue weighted by atomic mass is 10.00. The molecule has 2 N–H and O–H groups in total. The highest BCUT2D eigenvalue weighted by Crippen LogP contribution is 2.39. The van der Waals surface area contributed by atoms with Crippen molar-refractivity contribution in [3.63, 3.8) is 0 Å². The number of benzene rings is 2. The van der Waals surface area contributed by atoms with E-state index in [-0.39, 0.29) is 17.9 Å². The van der Waals surface area contributed by atoms with E-state index in [9.17, 15) is 0 Å². The first kappa shape index (κ1) is 18.6. The van der Waals surface area contributed by atoms with Crippen LogP contribution >= 0.6 is 12.2 Å². The molecule has 3 aromatic rings. The SMILES string of the molecule is Cc1ccc(-n2nnc(C3=NN(C(N)=S)[C@@H](c4ccc5c(c4)OCO5)C3)c2C)cc1. The largest absolute Gasteiger partial charge is 0.454 e. The maximum absolute atomic E-state index is 5.98. The second-order valence-corrected chi connectivity index (χ2v) is 7.75. The van der Waals surface area contributed by atoms with Gasteiger partial charge in [0, 0.05) is 6.42 Å². The highest BCUT2D eigenvalue weighted by atomic mass is 32.1. The molecule has 0 aliphatic carbocycles. The first-order valence-electron chi connectivity index (χ1n) is 9.56. The molecule has 1 aromatic heterocycles. The molecule has 0 amide bonds. The number of ether oxygens (including phenoxy) is 2. The van der Waals surface area contributed by atoms with Crippen LogP contribution in [0.15, 0.2) is 47.6 Å². The zero-order valence-corrected chi connectivity index (χ0v) is 17.4. The van der Waals surface area contributed by atoms with Crippen LogP contribution in [0.2, 0.25) is 0 Å². The predicted octanol–water partition coefficient (Wildman–Crippen LogP) is 3.01. The number of aromatic nitrogens is 3. The third-order valence-corrected chi connectivity index (χ3v) is 5.55. The van der Waals surface area contributed by atoms with Crippen LogP contribution in [0, 0.1) is 13.8 Å². The van der Waals surface area contributed by atoms with Crippen LogP contribution in [-0.4, -0.2) is 37.6 Å². The number of fused-ring (bicyclic) bond motifs is 1. The lowest BCUT2D eigenvalue weighted by Crippen LogP contribution is -2.31. The minimum absolute atomic E-state index is 0.143. The Labute approximate surface area is 178 Å². The molecule has 0 spiro atoms. The third kappa shape index (κ3) is 3.07. The molecule has 0 bridgehead atoms. The predicted molar refractivity (Wildman–Crippen MR) is 116 cm³/mol. The minimum Gasteiger partial charge on any atom is -0.454 e. The zero-order chi connectivity index (χ0) is 20.8. The molecule has 2 aliphatic rings. The van der Waals surface area contributed by atoms with Gasteiger partial charge in [-0.1, -0.05) is 29.0 Å². The Morgan fingerprint density at radius 1 is 1.10 bits per heavy atom. The monoisotopic (exact) mass is 420 g/mol. The molecule has 0 radical (unpaired) electrons. The van der Waals surface area contributed by atoms with Gasteiger partial charge in [-0.25, -0.2) is 9.69 Å². The molecule has 8 nitrogen and oxygen atoms in total. The fourth-order valence-corrected chi connectivity index (χ4v) is 3.93. The van der Waals surface area contributed by atoms with Gasteiger partial charge >= 0.3 is 0 Å². The smallest absolute Gasteiger partial charge is 0.231 e. The van der Waals surface area contributed by atoms with Gasteiger partial charge in [-0.15, -0.1) is 5.10 Å². The number of nitrogens with zero attached hydrogens (tertiary/aromatic N) is 5. The number of aryl methyl sites for hydroxylation is 1. The van der Waals surface area contributed by atoms with E-state index in [1.165, 1.54) is 5.56 Å². The van der Waals surface area contributed by atoms with Crippen molar-refractivity contribution in [2.24, 2.45) is 10.8 Å². The average Bonchev–Trinajstić information content (AvgIpc) is 3.45. The van der Waals surface area contributed by atoms with Crippen molar-refractivity contribution in [1.82, 2.24) is 20.0 Å². The van der Waals surface area contributed by atoms with E-state index < -0.39 is 0 Å². The van der Waals surface area contributed by atoms with E-state index in [1.54, 1.807) is 5.01 Å². The fourth-order valence-electron chi connectivity index (χ4n) is 3.76. The van der Waals surface area contributed by atoms with Crippen LogP contribution in [0.4, 0.5) is 0 Å². The Balaban J connectivity index is 1.48. The van der Waals surface area contributed by atoms with E-state index in [0.29, 0.717) is 12.2 Å². The van der Waals surface area contributed by atoms with E-state index in [2.05, 4.69) is 22.3 Å². The maximum Gasteiger partial charge on any atom is 0.231 e. The molecule has 2 aromatic carbocycles. The average molecular weight is 420 g/mol. The van der Waals surface area contributed by atoms with Gasteiger partial charge in [-0.05, 0) is 55.9 Å². The molecule has 0 fully saturated rings. The van der Waals surface area contributed by atoms with Crippen molar-refractivity contribution in [2.75, 3.05) is 6.79 Å². The fraction of sp³-hybridized carbons (Fsp3) is 0.238. The molecule has 2 aliphatic heterocycles. The van der Waals surface area contributed by atoms with Crippen molar-refractivity contribution < 1.29 is 9.47 Å². The summed E-state index contributed by atoms with van der Waals surface area (Å²) in [5, 5.41) is 15.3. The maximum atomic E-state index is 5.98. The van der Waals surface area contributed by atoms with Crippen molar-refractivity contribution in [3.8, 4) is 17.2 Å². The molecule has 1 atom stereocenters. The molecular weight excluding hydrogens is 400 g/mol. The Morgan fingerprint density at radius 2 is 1.87 bits per heavy atom. The summed E-state index contributed by atoms with van der Waals surface area (Å²) in [6.45, 7) is 4.26. The van der Waals surface area contributed by atoms with Crippen molar-refractivity contribution in [2.45, 2.75) is 26.3 Å². The molecule has 5 rings (SSSR count). The number of thiocarbonyl (C=S) groups is 1. The summed E-state index contributed by atoms with van der Waals surface area (Å²) in [6, 6.07) is 13.8. The number of hydrogen-bond acceptors (Lipinski definition) is 6. The van der Waals surface area contributed by atoms with Gasteiger partial charge in [0.1, 0.15) is 5.69 Å². The summed E-state index contributed by atoms with van der Waals surface area (Å²) in [4.78, 5) is 0. The van der Waals surface area contributed by atoms with Crippen molar-refractivity contribution in [1.29, 1.82) is 0 Å². The first-order chi connectivity index (χ1) is 14.5. The van der Waals surface area contributed by atoms with E-state index in [1.807, 2.05) is 54.1 Å². The van der Waals surface area contributed by atoms with Crippen LogP contribution in [-0.2, 0) is 0 Å². The molecule has 0 unspecified atom stereocenters. The van der Waals surface area contributed by atoms with Gasteiger partial charge in [0.05, 0.1) is 23.1 Å². The van der Waals surface area contributed by atoms with Gasteiger partial charge in [0.2, 0.25) is 6.79 Å². The molecule has 0 saturated heterocycles. The lowest BCUT2D eigenvalue weighted by Gasteiger charge is -2.22. The Hall–Kier alpha value is -3.46. The van der Waals surface area contributed by atoms with Crippen molar-refractivity contribution >= 4 is 23.0 Å². The van der Waals surface area contributed by atoms with Crippen LogP contribution < -0.4 is 15.2 Å². The van der Waals surface area contributed by atoms with Gasteiger partial charge < -0.3 is 15.2 Å². The second-order valence-electron chi connectivity index (χ2n) is 7.33. The third-order valence-electron chi connectivity index (χ3n) is 5.36. The van der Waals surface area contributed by atoms with E-state index in [4.69, 9.17) is 27.4 Å². The lowest BCUT2D eigenvalue weighted by molar-refractivity contribution is 0.174. The summed E-state index contributed by atoms with van der Waals surface area (Å²) in [7, 11) is 0. The summed E-state index contributed by atoms with van der Waals surface area (Å²) < 4.78 is 12.7. The summed E-state index contributed by atoms with van der Waals surface area (Å²) in [6.07, 6.45) is 0.602. The minimum atomic E-state index is -0.143. The standard InChI is InChI=1S/C21H20N6O2S/c1-12-3-6-15(7-4-12)26-13(2)20(23-25-26)16-10-17(27(24-16)21(22)30)14-5-8-18-19(9-14)29-11-28-18/h3-9,17H,10-11H2,1-2H3,(H2,22,30)/t17-/m1/s1. The normalized spacial score (nSPS) is 17.3. The molecule has 0 saturated carbocycles. The Kier molecular flexibility index (Phi) is 4.39. The highest BCUT2D eigenvalue weighted by molar-refractivity contribution is 7.80. The molecule has 152 valence electrons. The highest BCUT2D eigenvalue weighted by Gasteiger charge is 2.33. The molecule has 9 heteroatoms. The topological polar surface area (TPSA) is 90.8 Å². The Bertz CT molecular complexity index is 1170. The quantitative estimate of drug-likeness (QED) is 0.651. The van der Waals surface area contributed by atoms with Crippen LogP contribution in [0.25, 0.3) is 5.69 Å². The molecule has 3 heterocycles.